The largest absolute Gasteiger partial charge is 0.508 e. The van der Waals surface area contributed by atoms with Crippen molar-refractivity contribution in [2.45, 2.75) is 26.3 Å². The van der Waals surface area contributed by atoms with Crippen molar-refractivity contribution in [3.8, 4) is 11.5 Å². The summed E-state index contributed by atoms with van der Waals surface area (Å²) in [5.41, 5.74) is 11.1. The number of esters is 1. The third-order valence-corrected chi connectivity index (χ3v) is 4.02. The van der Waals surface area contributed by atoms with Gasteiger partial charge in [-0.05, 0) is 38.9 Å². The third kappa shape index (κ3) is 7.97. The molecule has 1 rings (SSSR count). The number of benzene rings is 1. The van der Waals surface area contributed by atoms with Crippen molar-refractivity contribution in [1.82, 2.24) is 10.6 Å². The van der Waals surface area contributed by atoms with Crippen molar-refractivity contribution in [1.29, 1.82) is 5.41 Å². The summed E-state index contributed by atoms with van der Waals surface area (Å²) < 4.78 is 10.1. The van der Waals surface area contributed by atoms with E-state index in [0.29, 0.717) is 19.6 Å². The van der Waals surface area contributed by atoms with Gasteiger partial charge in [0.1, 0.15) is 17.5 Å². The summed E-state index contributed by atoms with van der Waals surface area (Å²) in [5, 5.41) is 22.4. The molecule has 1 atom stereocenters. The second-order valence-corrected chi connectivity index (χ2v) is 6.65. The summed E-state index contributed by atoms with van der Waals surface area (Å²) in [7, 11) is 1.14. The van der Waals surface area contributed by atoms with E-state index in [1.807, 2.05) is 0 Å². The van der Waals surface area contributed by atoms with E-state index in [9.17, 15) is 19.5 Å². The molecule has 0 heterocycles. The number of allylic oxidation sites excluding steroid dienone is 1. The van der Waals surface area contributed by atoms with Gasteiger partial charge < -0.3 is 42.1 Å². The van der Waals surface area contributed by atoms with Crippen LogP contribution in [0.3, 0.4) is 0 Å². The van der Waals surface area contributed by atoms with Gasteiger partial charge in [-0.15, -0.1) is 0 Å². The van der Waals surface area contributed by atoms with E-state index < -0.39 is 23.8 Å². The van der Waals surface area contributed by atoms with E-state index in [0.717, 1.165) is 7.11 Å². The minimum atomic E-state index is -1.23. The molecule has 0 saturated heterocycles. The predicted octanol–water partition coefficient (Wildman–Crippen LogP) is -0.220. The van der Waals surface area contributed by atoms with Gasteiger partial charge in [0.25, 0.3) is 11.8 Å². The highest BCUT2D eigenvalue weighted by molar-refractivity contribution is 6.20. The molecule has 2 amide bonds. The van der Waals surface area contributed by atoms with Gasteiger partial charge in [-0.25, -0.2) is 4.79 Å². The number of nitrogens with two attached hydrogens (primary N) is 2. The van der Waals surface area contributed by atoms with Crippen LogP contribution in [0.2, 0.25) is 0 Å². The number of phenolic OH excluding ortho intramolecular Hbond substituents is 1. The number of amides is 2. The topological polar surface area (TPSA) is 190 Å². The maximum absolute atomic E-state index is 12.5. The number of rotatable bonds is 11. The Bertz CT molecular complexity index is 864. The summed E-state index contributed by atoms with van der Waals surface area (Å²) in [4.78, 5) is 37.0. The molecule has 0 aromatic heterocycles. The van der Waals surface area contributed by atoms with Crippen molar-refractivity contribution < 1.29 is 29.0 Å². The highest BCUT2D eigenvalue weighted by Gasteiger charge is 2.25. The Morgan fingerprint density at radius 1 is 1.23 bits per heavy atom. The Balaban J connectivity index is 2.91. The summed E-state index contributed by atoms with van der Waals surface area (Å²) in [6.07, 6.45) is 0.603. The summed E-state index contributed by atoms with van der Waals surface area (Å²) >= 11 is 0. The number of hydrogen-bond donors (Lipinski definition) is 6. The molecule has 0 bridgehead atoms. The number of methoxy groups -OCH3 is 1. The van der Waals surface area contributed by atoms with Crippen LogP contribution in [0.5, 0.6) is 11.5 Å². The minimum absolute atomic E-state index is 0.0764. The number of ether oxygens (including phenoxy) is 2. The van der Waals surface area contributed by atoms with E-state index >= 15 is 0 Å². The van der Waals surface area contributed by atoms with Gasteiger partial charge in [-0.2, -0.15) is 0 Å². The first kappa shape index (κ1) is 25.4. The molecule has 0 aliphatic rings. The fourth-order valence-electron chi connectivity index (χ4n) is 2.58. The molecule has 0 saturated carbocycles. The maximum Gasteiger partial charge on any atom is 0.330 e. The van der Waals surface area contributed by atoms with Crippen LogP contribution >= 0.6 is 0 Å². The SMILES string of the molecule is COC(=O)[C@H](CNC(=O)c1cc(O)cc(OCCCN)c1)NC(=O)C(C(C)=N)=C(C)N. The number of carbonyl (C=O) groups excluding carboxylic acids is 3. The van der Waals surface area contributed by atoms with Gasteiger partial charge in [0.2, 0.25) is 0 Å². The Labute approximate surface area is 180 Å². The van der Waals surface area contributed by atoms with Crippen molar-refractivity contribution in [2.75, 3.05) is 26.8 Å². The van der Waals surface area contributed by atoms with Crippen LogP contribution in [-0.4, -0.2) is 61.4 Å². The lowest BCUT2D eigenvalue weighted by atomic mass is 10.1. The number of aromatic hydroxyl groups is 1. The second kappa shape index (κ2) is 12.2. The molecular weight excluding hydrogens is 406 g/mol. The van der Waals surface area contributed by atoms with Crippen LogP contribution in [0.4, 0.5) is 0 Å². The molecule has 8 N–H and O–H groups in total. The lowest BCUT2D eigenvalue weighted by Gasteiger charge is -2.18. The van der Waals surface area contributed by atoms with E-state index in [-0.39, 0.29) is 40.6 Å². The molecule has 0 aliphatic carbocycles. The number of nitrogens with one attached hydrogen (secondary N) is 3. The minimum Gasteiger partial charge on any atom is -0.508 e. The van der Waals surface area contributed by atoms with Gasteiger partial charge >= 0.3 is 5.97 Å². The summed E-state index contributed by atoms with van der Waals surface area (Å²) in [6, 6.07) is 2.78. The quantitative estimate of drug-likeness (QED) is 0.119. The summed E-state index contributed by atoms with van der Waals surface area (Å²) in [6.45, 7) is 3.29. The molecule has 31 heavy (non-hydrogen) atoms. The molecule has 1 aromatic rings. The number of phenols is 1. The Kier molecular flexibility index (Phi) is 9.99. The maximum atomic E-state index is 12.5. The van der Waals surface area contributed by atoms with Gasteiger partial charge in [-0.1, -0.05) is 0 Å². The van der Waals surface area contributed by atoms with Crippen LogP contribution in [0.15, 0.2) is 29.5 Å². The molecular formula is C20H29N5O6. The molecule has 1 aromatic carbocycles. The van der Waals surface area contributed by atoms with Gasteiger partial charge in [-0.3, -0.25) is 9.59 Å². The average molecular weight is 435 g/mol. The predicted molar refractivity (Wildman–Crippen MR) is 114 cm³/mol. The second-order valence-electron chi connectivity index (χ2n) is 6.65. The highest BCUT2D eigenvalue weighted by atomic mass is 16.5. The van der Waals surface area contributed by atoms with Gasteiger partial charge in [0.05, 0.1) is 19.3 Å². The standard InChI is InChI=1S/C20H29N5O6/c1-11(22)17(12(2)23)19(28)25-16(20(29)30-3)10-24-18(27)13-7-14(26)9-15(8-13)31-6-4-5-21/h7-9,16,22,26H,4-6,10,21,23H2,1-3H3,(H,24,27)(H,25,28)/t16-/m0/s1. The fraction of sp³-hybridized carbons (Fsp3) is 0.400. The molecule has 170 valence electrons. The van der Waals surface area contributed by atoms with Crippen molar-refractivity contribution >= 4 is 23.5 Å². The Hall–Kier alpha value is -3.60. The van der Waals surface area contributed by atoms with Crippen LogP contribution in [-0.2, 0) is 14.3 Å². The highest BCUT2D eigenvalue weighted by Crippen LogP contribution is 2.22. The third-order valence-electron chi connectivity index (χ3n) is 4.02. The smallest absolute Gasteiger partial charge is 0.330 e. The van der Waals surface area contributed by atoms with Crippen LogP contribution < -0.4 is 26.8 Å². The van der Waals surface area contributed by atoms with Gasteiger partial charge in [0.15, 0.2) is 0 Å². The zero-order valence-electron chi connectivity index (χ0n) is 17.8. The van der Waals surface area contributed by atoms with Gasteiger partial charge in [0, 0.05) is 29.6 Å². The monoisotopic (exact) mass is 435 g/mol. The molecule has 0 aliphatic heterocycles. The van der Waals surface area contributed by atoms with Crippen molar-refractivity contribution in [3.05, 3.63) is 35.0 Å². The number of carbonyl (C=O) groups is 3. The van der Waals surface area contributed by atoms with E-state index in [1.54, 1.807) is 0 Å². The Morgan fingerprint density at radius 3 is 2.45 bits per heavy atom. The first-order valence-corrected chi connectivity index (χ1v) is 9.46. The zero-order chi connectivity index (χ0) is 23.6. The van der Waals surface area contributed by atoms with E-state index in [1.165, 1.54) is 32.0 Å². The average Bonchev–Trinajstić information content (AvgIpc) is 2.69. The van der Waals surface area contributed by atoms with Crippen LogP contribution in [0.25, 0.3) is 0 Å². The van der Waals surface area contributed by atoms with Crippen LogP contribution in [0.1, 0.15) is 30.6 Å². The number of hydrogen-bond acceptors (Lipinski definition) is 9. The molecule has 11 heteroatoms. The summed E-state index contributed by atoms with van der Waals surface area (Å²) in [5.74, 6) is -2.05. The first-order valence-electron chi connectivity index (χ1n) is 9.46. The van der Waals surface area contributed by atoms with Crippen LogP contribution in [0, 0.1) is 5.41 Å². The van der Waals surface area contributed by atoms with Crippen molar-refractivity contribution in [2.24, 2.45) is 11.5 Å². The zero-order valence-corrected chi connectivity index (χ0v) is 17.8. The molecule has 0 fully saturated rings. The normalized spacial score (nSPS) is 12.3. The Morgan fingerprint density at radius 2 is 1.90 bits per heavy atom. The van der Waals surface area contributed by atoms with E-state index in [4.69, 9.17) is 21.6 Å². The fourth-order valence-corrected chi connectivity index (χ4v) is 2.58. The molecule has 0 spiro atoms. The molecule has 0 unspecified atom stereocenters. The molecule has 11 nitrogen and oxygen atoms in total. The van der Waals surface area contributed by atoms with Crippen molar-refractivity contribution in [3.63, 3.8) is 0 Å². The van der Waals surface area contributed by atoms with E-state index in [2.05, 4.69) is 15.4 Å². The molecule has 0 radical (unpaired) electrons. The lowest BCUT2D eigenvalue weighted by Crippen LogP contribution is -2.50. The lowest BCUT2D eigenvalue weighted by molar-refractivity contribution is -0.144. The first-order chi connectivity index (χ1) is 14.6.